The molecule has 0 saturated carbocycles. The highest BCUT2D eigenvalue weighted by Crippen LogP contribution is 2.38. The summed E-state index contributed by atoms with van der Waals surface area (Å²) in [5.41, 5.74) is 4.51. The quantitative estimate of drug-likeness (QED) is 0.461. The molecule has 0 bridgehead atoms. The van der Waals surface area contributed by atoms with Gasteiger partial charge >= 0.3 is 0 Å². The number of hydrogen-bond acceptors (Lipinski definition) is 4. The van der Waals surface area contributed by atoms with Gasteiger partial charge in [0.15, 0.2) is 0 Å². The molecule has 0 saturated heterocycles. The number of amides is 2. The molecule has 178 valence electrons. The van der Waals surface area contributed by atoms with Gasteiger partial charge in [0.1, 0.15) is 13.2 Å². The molecule has 1 aromatic heterocycles. The Bertz CT molecular complexity index is 1110. The van der Waals surface area contributed by atoms with E-state index < -0.39 is 0 Å². The van der Waals surface area contributed by atoms with Crippen molar-refractivity contribution >= 4 is 23.2 Å². The molecule has 5 nitrogen and oxygen atoms in total. The van der Waals surface area contributed by atoms with Gasteiger partial charge in [-0.3, -0.25) is 9.59 Å². The molecule has 1 atom stereocenters. The fourth-order valence-corrected chi connectivity index (χ4v) is 5.31. The van der Waals surface area contributed by atoms with Crippen molar-refractivity contribution in [3.05, 3.63) is 93.2 Å². The lowest BCUT2D eigenvalue weighted by molar-refractivity contribution is -0.146. The highest BCUT2D eigenvalue weighted by molar-refractivity contribution is 7.10. The molecule has 1 aliphatic heterocycles. The third kappa shape index (κ3) is 5.57. The molecule has 1 unspecified atom stereocenters. The van der Waals surface area contributed by atoms with E-state index in [0.29, 0.717) is 13.2 Å². The maximum absolute atomic E-state index is 13.6. The van der Waals surface area contributed by atoms with E-state index in [1.165, 1.54) is 16.0 Å². The summed E-state index contributed by atoms with van der Waals surface area (Å²) >= 11 is 1.75. The predicted molar refractivity (Wildman–Crippen MR) is 136 cm³/mol. The number of thiophene rings is 1. The van der Waals surface area contributed by atoms with Crippen LogP contribution in [-0.2, 0) is 27.4 Å². The molecule has 3 aromatic rings. The normalized spacial score (nSPS) is 15.3. The summed E-state index contributed by atoms with van der Waals surface area (Å²) in [4.78, 5) is 31.5. The molecule has 0 fully saturated rings. The standard InChI is InChI=1S/C28H32N2O3S/c1-20(2)30(27(32)19-33-18-22-7-5-4-6-8-22)17-26(31)29-15-13-25-24(14-16-34-25)28(29)23-11-9-21(3)10-12-23/h4-12,14,16,20,28H,13,15,17-19H2,1-3H3. The van der Waals surface area contributed by atoms with Crippen molar-refractivity contribution in [2.75, 3.05) is 19.7 Å². The van der Waals surface area contributed by atoms with Gasteiger partial charge in [-0.05, 0) is 55.3 Å². The summed E-state index contributed by atoms with van der Waals surface area (Å²) in [6.45, 7) is 6.96. The monoisotopic (exact) mass is 476 g/mol. The van der Waals surface area contributed by atoms with Gasteiger partial charge in [-0.2, -0.15) is 0 Å². The minimum atomic E-state index is -0.167. The zero-order valence-corrected chi connectivity index (χ0v) is 20.9. The number of ether oxygens (including phenoxy) is 1. The van der Waals surface area contributed by atoms with Crippen molar-refractivity contribution in [3.8, 4) is 0 Å². The SMILES string of the molecule is Cc1ccc(C2c3ccsc3CCN2C(=O)CN(C(=O)COCc2ccccc2)C(C)C)cc1. The first-order valence-electron chi connectivity index (χ1n) is 11.8. The van der Waals surface area contributed by atoms with Crippen LogP contribution in [0.15, 0.2) is 66.0 Å². The number of aryl methyl sites for hydroxylation is 1. The molecule has 4 rings (SSSR count). The summed E-state index contributed by atoms with van der Waals surface area (Å²) in [5, 5.41) is 2.11. The molecule has 6 heteroatoms. The lowest BCUT2D eigenvalue weighted by Crippen LogP contribution is -2.49. The molecule has 0 radical (unpaired) electrons. The zero-order chi connectivity index (χ0) is 24.1. The van der Waals surface area contributed by atoms with Crippen LogP contribution in [-0.4, -0.2) is 47.4 Å². The number of hydrogen-bond donors (Lipinski definition) is 0. The van der Waals surface area contributed by atoms with E-state index in [9.17, 15) is 9.59 Å². The van der Waals surface area contributed by atoms with E-state index in [4.69, 9.17) is 4.74 Å². The summed E-state index contributed by atoms with van der Waals surface area (Å²) in [6, 6.07) is 20.1. The third-order valence-electron chi connectivity index (χ3n) is 6.27. The summed E-state index contributed by atoms with van der Waals surface area (Å²) < 4.78 is 5.66. The van der Waals surface area contributed by atoms with Gasteiger partial charge in [0.2, 0.25) is 11.8 Å². The van der Waals surface area contributed by atoms with Gasteiger partial charge in [0.25, 0.3) is 0 Å². The summed E-state index contributed by atoms with van der Waals surface area (Å²) in [7, 11) is 0. The molecule has 34 heavy (non-hydrogen) atoms. The molecular formula is C28H32N2O3S. The zero-order valence-electron chi connectivity index (χ0n) is 20.1. The molecule has 2 heterocycles. The van der Waals surface area contributed by atoms with Crippen molar-refractivity contribution in [3.63, 3.8) is 0 Å². The van der Waals surface area contributed by atoms with Crippen molar-refractivity contribution in [1.29, 1.82) is 0 Å². The van der Waals surface area contributed by atoms with Gasteiger partial charge in [-0.25, -0.2) is 0 Å². The van der Waals surface area contributed by atoms with E-state index in [2.05, 4.69) is 42.6 Å². The fourth-order valence-electron chi connectivity index (χ4n) is 4.40. The average Bonchev–Trinajstić information content (AvgIpc) is 3.32. The average molecular weight is 477 g/mol. The fraction of sp³-hybridized carbons (Fsp3) is 0.357. The van der Waals surface area contributed by atoms with Crippen LogP contribution in [0, 0.1) is 6.92 Å². The Morgan fingerprint density at radius 1 is 1.09 bits per heavy atom. The third-order valence-corrected chi connectivity index (χ3v) is 7.26. The van der Waals surface area contributed by atoms with Gasteiger partial charge in [-0.15, -0.1) is 11.3 Å². The number of fused-ring (bicyclic) bond motifs is 1. The number of carbonyl (C=O) groups is 2. The van der Waals surface area contributed by atoms with Crippen molar-refractivity contribution < 1.29 is 14.3 Å². The Hall–Kier alpha value is -2.96. The van der Waals surface area contributed by atoms with Gasteiger partial charge < -0.3 is 14.5 Å². The van der Waals surface area contributed by atoms with E-state index in [0.717, 1.165) is 17.5 Å². The van der Waals surface area contributed by atoms with Crippen LogP contribution in [0.4, 0.5) is 0 Å². The first kappa shape index (κ1) is 24.2. The van der Waals surface area contributed by atoms with Crippen LogP contribution >= 0.6 is 11.3 Å². The van der Waals surface area contributed by atoms with Crippen LogP contribution in [0.5, 0.6) is 0 Å². The number of nitrogens with zero attached hydrogens (tertiary/aromatic N) is 2. The molecule has 0 aliphatic carbocycles. The number of rotatable bonds is 8. The van der Waals surface area contributed by atoms with Crippen LogP contribution in [0.3, 0.4) is 0 Å². The molecule has 2 amide bonds. The molecule has 0 N–H and O–H groups in total. The second-order valence-electron chi connectivity index (χ2n) is 9.04. The highest BCUT2D eigenvalue weighted by Gasteiger charge is 2.34. The Kier molecular flexibility index (Phi) is 7.80. The van der Waals surface area contributed by atoms with Crippen LogP contribution in [0.2, 0.25) is 0 Å². The highest BCUT2D eigenvalue weighted by atomic mass is 32.1. The minimum absolute atomic E-state index is 0.0347. The van der Waals surface area contributed by atoms with Gasteiger partial charge in [0.05, 0.1) is 12.6 Å². The lowest BCUT2D eigenvalue weighted by atomic mass is 9.92. The lowest BCUT2D eigenvalue weighted by Gasteiger charge is -2.38. The van der Waals surface area contributed by atoms with Gasteiger partial charge in [0, 0.05) is 17.5 Å². The smallest absolute Gasteiger partial charge is 0.249 e. The van der Waals surface area contributed by atoms with Crippen molar-refractivity contribution in [2.24, 2.45) is 0 Å². The largest absolute Gasteiger partial charge is 0.367 e. The number of benzene rings is 2. The molecule has 2 aromatic carbocycles. The van der Waals surface area contributed by atoms with E-state index in [1.54, 1.807) is 16.2 Å². The van der Waals surface area contributed by atoms with Crippen LogP contribution in [0.25, 0.3) is 0 Å². The number of carbonyl (C=O) groups excluding carboxylic acids is 2. The van der Waals surface area contributed by atoms with Crippen molar-refractivity contribution in [1.82, 2.24) is 9.80 Å². The Morgan fingerprint density at radius 2 is 1.82 bits per heavy atom. The second kappa shape index (κ2) is 11.0. The van der Waals surface area contributed by atoms with Crippen LogP contribution < -0.4 is 0 Å². The van der Waals surface area contributed by atoms with E-state index in [-0.39, 0.29) is 37.0 Å². The second-order valence-corrected chi connectivity index (χ2v) is 10.0. The van der Waals surface area contributed by atoms with Crippen molar-refractivity contribution in [2.45, 2.75) is 45.9 Å². The summed E-state index contributed by atoms with van der Waals surface area (Å²) in [5.74, 6) is -0.202. The molecule has 1 aliphatic rings. The Morgan fingerprint density at radius 3 is 2.53 bits per heavy atom. The van der Waals surface area contributed by atoms with E-state index in [1.807, 2.05) is 49.1 Å². The molecule has 0 spiro atoms. The summed E-state index contributed by atoms with van der Waals surface area (Å²) in [6.07, 6.45) is 0.844. The maximum atomic E-state index is 13.6. The maximum Gasteiger partial charge on any atom is 0.249 e. The van der Waals surface area contributed by atoms with E-state index >= 15 is 0 Å². The first-order chi connectivity index (χ1) is 16.4. The van der Waals surface area contributed by atoms with Gasteiger partial charge in [-0.1, -0.05) is 60.2 Å². The predicted octanol–water partition coefficient (Wildman–Crippen LogP) is 4.98. The Balaban J connectivity index is 1.47. The van der Waals surface area contributed by atoms with Crippen LogP contribution in [0.1, 0.15) is 47.0 Å². The molecular weight excluding hydrogens is 444 g/mol. The topological polar surface area (TPSA) is 49.9 Å². The first-order valence-corrected chi connectivity index (χ1v) is 12.7. The Labute approximate surface area is 206 Å². The minimum Gasteiger partial charge on any atom is -0.367 e.